The first-order valence-corrected chi connectivity index (χ1v) is 14.2. The molecule has 3 aromatic rings. The minimum Gasteiger partial charge on any atom is -0.388 e. The van der Waals surface area contributed by atoms with E-state index in [1.165, 1.54) is 19.9 Å². The van der Waals surface area contributed by atoms with Crippen molar-refractivity contribution < 1.29 is 28.6 Å². The first kappa shape index (κ1) is 30.7. The zero-order chi connectivity index (χ0) is 30.1. The summed E-state index contributed by atoms with van der Waals surface area (Å²) < 4.78 is 30.5. The first-order valence-electron chi connectivity index (χ1n) is 14.2. The number of piperidine rings is 2. The number of benzene rings is 2. The molecule has 2 aliphatic heterocycles. The molecule has 2 aliphatic rings. The lowest BCUT2D eigenvalue weighted by Gasteiger charge is -2.43. The van der Waals surface area contributed by atoms with Crippen LogP contribution in [0, 0.1) is 11.6 Å². The van der Waals surface area contributed by atoms with Gasteiger partial charge in [-0.3, -0.25) is 24.8 Å². The third-order valence-electron chi connectivity index (χ3n) is 7.99. The standard InChI is InChI=1S/C30H33F2N3O4.C2H6/c1-29(2,38)23-7-4-17(12-24(23)31)15-35-11-10-22(30(3,39)16-35)20-5-8-25-21(27(20)32)13-18(14-33-25)19-6-9-26(36)34-28(19)37;1-2/h4-5,7-8,12-14,19,22,38-39H,6,9-11,15-16H2,1-3H3,(H,34,36,37);1-2H3. The smallest absolute Gasteiger partial charge is 0.234 e. The maximum atomic E-state index is 15.9. The summed E-state index contributed by atoms with van der Waals surface area (Å²) in [5.41, 5.74) is -0.221. The van der Waals surface area contributed by atoms with Crippen LogP contribution in [0.15, 0.2) is 42.6 Å². The predicted molar refractivity (Wildman–Crippen MR) is 153 cm³/mol. The van der Waals surface area contributed by atoms with Crippen molar-refractivity contribution in [3.8, 4) is 0 Å². The van der Waals surface area contributed by atoms with Crippen molar-refractivity contribution in [1.82, 2.24) is 15.2 Å². The van der Waals surface area contributed by atoms with Crippen molar-refractivity contribution in [3.05, 3.63) is 76.5 Å². The molecular formula is C32H39F2N3O4. The van der Waals surface area contributed by atoms with Crippen LogP contribution in [-0.2, 0) is 21.7 Å². The Morgan fingerprint density at radius 3 is 2.49 bits per heavy atom. The summed E-state index contributed by atoms with van der Waals surface area (Å²) >= 11 is 0. The number of nitrogens with one attached hydrogen (secondary N) is 1. The number of amides is 2. The second kappa shape index (κ2) is 11.9. The van der Waals surface area contributed by atoms with E-state index >= 15 is 4.39 Å². The van der Waals surface area contributed by atoms with E-state index in [0.717, 1.165) is 5.56 Å². The number of hydrogen-bond acceptors (Lipinski definition) is 6. The molecule has 2 aromatic carbocycles. The van der Waals surface area contributed by atoms with Gasteiger partial charge in [-0.05, 0) is 75.0 Å². The topological polar surface area (TPSA) is 103 Å². The van der Waals surface area contributed by atoms with Crippen LogP contribution in [0.5, 0.6) is 0 Å². The second-order valence-corrected chi connectivity index (χ2v) is 11.6. The van der Waals surface area contributed by atoms with E-state index in [1.54, 1.807) is 43.5 Å². The highest BCUT2D eigenvalue weighted by molar-refractivity contribution is 6.01. The van der Waals surface area contributed by atoms with E-state index in [2.05, 4.69) is 10.3 Å². The van der Waals surface area contributed by atoms with Crippen molar-refractivity contribution in [3.63, 3.8) is 0 Å². The Balaban J connectivity index is 0.00000189. The number of β-amino-alcohol motifs (C(OH)–C–C–N with tert-alkyl or cyclic N) is 1. The molecule has 220 valence electrons. The normalized spacial score (nSPS) is 23.6. The maximum Gasteiger partial charge on any atom is 0.234 e. The fourth-order valence-electron chi connectivity index (χ4n) is 5.97. The second-order valence-electron chi connectivity index (χ2n) is 11.6. The van der Waals surface area contributed by atoms with Crippen molar-refractivity contribution >= 4 is 22.7 Å². The minimum atomic E-state index is -1.29. The number of likely N-dealkylation sites (tertiary alicyclic amines) is 1. The number of halogens is 2. The summed E-state index contributed by atoms with van der Waals surface area (Å²) in [7, 11) is 0. The predicted octanol–water partition coefficient (Wildman–Crippen LogP) is 5.03. The number of aliphatic hydroxyl groups is 2. The van der Waals surface area contributed by atoms with Crippen LogP contribution in [0.3, 0.4) is 0 Å². The van der Waals surface area contributed by atoms with Crippen LogP contribution in [0.2, 0.25) is 0 Å². The lowest BCUT2D eigenvalue weighted by atomic mass is 9.77. The molecule has 41 heavy (non-hydrogen) atoms. The minimum absolute atomic E-state index is 0.217. The quantitative estimate of drug-likeness (QED) is 0.374. The van der Waals surface area contributed by atoms with Gasteiger partial charge in [-0.15, -0.1) is 0 Å². The van der Waals surface area contributed by atoms with Crippen LogP contribution in [0.1, 0.15) is 88.0 Å². The molecule has 5 rings (SSSR count). The SMILES string of the molecule is CC.CC(C)(O)c1ccc(CN2CCC(c3ccc4ncc(C5CCC(=O)NC5=O)cc4c3F)C(C)(O)C2)cc1F. The average Bonchev–Trinajstić information content (AvgIpc) is 2.89. The molecule has 7 nitrogen and oxygen atoms in total. The number of fused-ring (bicyclic) bond motifs is 1. The van der Waals surface area contributed by atoms with Gasteiger partial charge < -0.3 is 10.2 Å². The number of rotatable bonds is 5. The van der Waals surface area contributed by atoms with Gasteiger partial charge in [0.2, 0.25) is 11.8 Å². The molecule has 3 heterocycles. The first-order chi connectivity index (χ1) is 19.3. The maximum absolute atomic E-state index is 15.9. The molecule has 3 N–H and O–H groups in total. The Morgan fingerprint density at radius 1 is 1.12 bits per heavy atom. The molecule has 2 saturated heterocycles. The largest absolute Gasteiger partial charge is 0.388 e. The van der Waals surface area contributed by atoms with Gasteiger partial charge in [0.25, 0.3) is 0 Å². The van der Waals surface area contributed by atoms with E-state index in [-0.39, 0.29) is 29.8 Å². The van der Waals surface area contributed by atoms with Gasteiger partial charge in [-0.1, -0.05) is 32.0 Å². The molecule has 3 atom stereocenters. The summed E-state index contributed by atoms with van der Waals surface area (Å²) in [4.78, 5) is 30.2. The highest BCUT2D eigenvalue weighted by Crippen LogP contribution is 2.40. The van der Waals surface area contributed by atoms with Crippen molar-refractivity contribution in [2.45, 2.75) is 83.5 Å². The van der Waals surface area contributed by atoms with Gasteiger partial charge in [-0.2, -0.15) is 0 Å². The Labute approximate surface area is 239 Å². The van der Waals surface area contributed by atoms with Gasteiger partial charge in [0.1, 0.15) is 11.6 Å². The number of nitrogens with zero attached hydrogens (tertiary/aromatic N) is 2. The molecule has 0 radical (unpaired) electrons. The van der Waals surface area contributed by atoms with E-state index < -0.39 is 40.6 Å². The van der Waals surface area contributed by atoms with Crippen molar-refractivity contribution in [2.24, 2.45) is 0 Å². The molecule has 2 amide bonds. The van der Waals surface area contributed by atoms with Crippen LogP contribution in [0.4, 0.5) is 8.78 Å². The zero-order valence-electron chi connectivity index (χ0n) is 24.3. The molecule has 9 heteroatoms. The Morgan fingerprint density at radius 2 is 1.85 bits per heavy atom. The number of carbonyl (C=O) groups is 2. The molecule has 2 fully saturated rings. The van der Waals surface area contributed by atoms with Crippen LogP contribution in [-0.4, -0.2) is 50.6 Å². The number of pyridine rings is 1. The monoisotopic (exact) mass is 567 g/mol. The fourth-order valence-corrected chi connectivity index (χ4v) is 5.97. The van der Waals surface area contributed by atoms with Crippen molar-refractivity contribution in [1.29, 1.82) is 0 Å². The van der Waals surface area contributed by atoms with Gasteiger partial charge in [-0.25, -0.2) is 8.78 Å². The van der Waals surface area contributed by atoms with Gasteiger partial charge in [0.05, 0.1) is 22.6 Å². The molecule has 0 bridgehead atoms. The summed E-state index contributed by atoms with van der Waals surface area (Å²) in [6.45, 7) is 9.99. The highest BCUT2D eigenvalue weighted by atomic mass is 19.1. The number of aromatic nitrogens is 1. The molecule has 0 aliphatic carbocycles. The number of imide groups is 1. The summed E-state index contributed by atoms with van der Waals surface area (Å²) in [5, 5.41) is 24.2. The third kappa shape index (κ3) is 6.47. The van der Waals surface area contributed by atoms with Gasteiger partial charge >= 0.3 is 0 Å². The highest BCUT2D eigenvalue weighted by Gasteiger charge is 2.40. The molecule has 0 spiro atoms. The van der Waals surface area contributed by atoms with Crippen molar-refractivity contribution in [2.75, 3.05) is 13.1 Å². The van der Waals surface area contributed by atoms with Gasteiger partial charge in [0, 0.05) is 42.6 Å². The molecule has 3 unspecified atom stereocenters. The Hall–Kier alpha value is -3.27. The average molecular weight is 568 g/mol. The van der Waals surface area contributed by atoms with E-state index in [1.807, 2.05) is 18.7 Å². The summed E-state index contributed by atoms with van der Waals surface area (Å²) in [6.07, 6.45) is 2.60. The molecular weight excluding hydrogens is 528 g/mol. The fraction of sp³-hybridized carbons (Fsp3) is 0.469. The number of carbonyl (C=O) groups excluding carboxylic acids is 2. The number of hydrogen-bond donors (Lipinski definition) is 3. The van der Waals surface area contributed by atoms with Crippen LogP contribution >= 0.6 is 0 Å². The summed E-state index contributed by atoms with van der Waals surface area (Å²) in [5.74, 6) is -2.73. The molecule has 1 aromatic heterocycles. The third-order valence-corrected chi connectivity index (χ3v) is 7.99. The lowest BCUT2D eigenvalue weighted by molar-refractivity contribution is -0.134. The zero-order valence-corrected chi connectivity index (χ0v) is 24.3. The van der Waals surface area contributed by atoms with Gasteiger partial charge in [0.15, 0.2) is 0 Å². The van der Waals surface area contributed by atoms with E-state index in [0.29, 0.717) is 42.6 Å². The molecule has 0 saturated carbocycles. The van der Waals surface area contributed by atoms with E-state index in [4.69, 9.17) is 0 Å². The lowest BCUT2D eigenvalue weighted by Crippen LogP contribution is -2.50. The Bertz CT molecular complexity index is 1450. The van der Waals surface area contributed by atoms with Crippen LogP contribution in [0.25, 0.3) is 10.9 Å². The van der Waals surface area contributed by atoms with E-state index in [9.17, 15) is 24.2 Å². The van der Waals surface area contributed by atoms with Crippen LogP contribution < -0.4 is 5.32 Å². The summed E-state index contributed by atoms with van der Waals surface area (Å²) in [6, 6.07) is 9.76. The Kier molecular flexibility index (Phi) is 8.92.